The fourth-order valence-electron chi connectivity index (χ4n) is 0.823. The first-order chi connectivity index (χ1) is 4.61. The first kappa shape index (κ1) is 12.3. The van der Waals surface area contributed by atoms with Crippen molar-refractivity contribution in [1.29, 1.82) is 0 Å². The molecule has 0 saturated carbocycles. The molecular formula is C6H9KN2S2. The van der Waals surface area contributed by atoms with Crippen LogP contribution in [0, 0.1) is 13.8 Å². The average molecular weight is 212 g/mol. The summed E-state index contributed by atoms with van der Waals surface area (Å²) in [6.45, 7) is 3.87. The van der Waals surface area contributed by atoms with Gasteiger partial charge in [-0.2, -0.15) is 5.10 Å². The summed E-state index contributed by atoms with van der Waals surface area (Å²) in [5, 5.41) is 4.11. The Hall–Kier alpha value is 1.29. The second kappa shape index (κ2) is 5.11. The topological polar surface area (TPSA) is 17.8 Å². The Bertz CT molecular complexity index is 270. The quantitative estimate of drug-likeness (QED) is 0.391. The van der Waals surface area contributed by atoms with Gasteiger partial charge in [-0.25, -0.2) is 4.68 Å². The second-order valence-electron chi connectivity index (χ2n) is 2.12. The molecule has 0 bridgehead atoms. The van der Waals surface area contributed by atoms with Gasteiger partial charge < -0.3 is 0 Å². The van der Waals surface area contributed by atoms with Crippen LogP contribution in [0.3, 0.4) is 0 Å². The third kappa shape index (κ3) is 3.26. The van der Waals surface area contributed by atoms with Crippen molar-refractivity contribution in [1.82, 2.24) is 9.78 Å². The summed E-state index contributed by atoms with van der Waals surface area (Å²) in [5.74, 6) is 0. The van der Waals surface area contributed by atoms with Crippen LogP contribution in [-0.2, 0) is 0 Å². The van der Waals surface area contributed by atoms with Crippen LogP contribution >= 0.6 is 24.8 Å². The Labute approximate surface area is 120 Å². The van der Waals surface area contributed by atoms with Gasteiger partial charge in [-0.3, -0.25) is 0 Å². The van der Waals surface area contributed by atoms with Crippen LogP contribution in [-0.4, -0.2) is 65.5 Å². The summed E-state index contributed by atoms with van der Waals surface area (Å²) in [6, 6.07) is 1.96. The molecule has 0 N–H and O–H groups in total. The summed E-state index contributed by atoms with van der Waals surface area (Å²) < 4.78 is 2.12. The summed E-state index contributed by atoms with van der Waals surface area (Å²) in [4.78, 5) is 0. The summed E-state index contributed by atoms with van der Waals surface area (Å²) in [5.41, 5.74) is 1.99. The molecule has 0 atom stereocenters. The van der Waals surface area contributed by atoms with Crippen molar-refractivity contribution in [3.8, 4) is 0 Å². The third-order valence-electron chi connectivity index (χ3n) is 1.19. The Balaban J connectivity index is 0.000001000. The van der Waals surface area contributed by atoms with E-state index in [1.165, 1.54) is 0 Å². The number of aryl methyl sites for hydroxylation is 2. The van der Waals surface area contributed by atoms with Crippen molar-refractivity contribution in [2.45, 2.75) is 13.8 Å². The number of aromatic nitrogens is 2. The van der Waals surface area contributed by atoms with E-state index in [1.54, 1.807) is 4.68 Å². The van der Waals surface area contributed by atoms with Crippen molar-refractivity contribution >= 4 is 80.6 Å². The van der Waals surface area contributed by atoms with Crippen LogP contribution in [0.1, 0.15) is 11.4 Å². The van der Waals surface area contributed by atoms with Gasteiger partial charge in [0.2, 0.25) is 0 Å². The Morgan fingerprint density at radius 1 is 1.64 bits per heavy atom. The van der Waals surface area contributed by atoms with Gasteiger partial charge in [0.15, 0.2) is 4.32 Å². The maximum absolute atomic E-state index is 4.83. The molecule has 1 heterocycles. The van der Waals surface area contributed by atoms with Gasteiger partial charge in [-0.15, -0.1) is 12.6 Å². The molecule has 1 aromatic rings. The molecule has 0 fully saturated rings. The minimum absolute atomic E-state index is 0. The predicted octanol–water partition coefficient (Wildman–Crippen LogP) is 0.914. The molecule has 0 radical (unpaired) electrons. The van der Waals surface area contributed by atoms with E-state index in [1.807, 2.05) is 19.9 Å². The zero-order valence-electron chi connectivity index (χ0n) is 5.83. The van der Waals surface area contributed by atoms with E-state index >= 15 is 0 Å². The van der Waals surface area contributed by atoms with E-state index in [-0.39, 0.29) is 51.4 Å². The molecule has 0 aliphatic heterocycles. The molecule has 0 aliphatic rings. The zero-order chi connectivity index (χ0) is 7.72. The molecule has 5 heteroatoms. The second-order valence-corrected chi connectivity index (χ2v) is 3.23. The summed E-state index contributed by atoms with van der Waals surface area (Å²) in [6.07, 6.45) is 0. The molecule has 1 aromatic heterocycles. The van der Waals surface area contributed by atoms with E-state index in [0.29, 0.717) is 4.32 Å². The maximum atomic E-state index is 4.83. The van der Waals surface area contributed by atoms with Gasteiger partial charge in [0.1, 0.15) is 0 Å². The van der Waals surface area contributed by atoms with Crippen LogP contribution in [0.4, 0.5) is 0 Å². The first-order valence-electron chi connectivity index (χ1n) is 2.88. The van der Waals surface area contributed by atoms with E-state index in [0.717, 1.165) is 11.4 Å². The van der Waals surface area contributed by atoms with Crippen LogP contribution in [0.5, 0.6) is 0 Å². The van der Waals surface area contributed by atoms with Crippen molar-refractivity contribution < 1.29 is 0 Å². The molecule has 56 valence electrons. The summed E-state index contributed by atoms with van der Waals surface area (Å²) in [7, 11) is 0. The Morgan fingerprint density at radius 3 is 2.36 bits per heavy atom. The Morgan fingerprint density at radius 2 is 2.18 bits per heavy atom. The fourth-order valence-corrected chi connectivity index (χ4v) is 1.21. The molecule has 2 nitrogen and oxygen atoms in total. The first-order valence-corrected chi connectivity index (χ1v) is 3.73. The Kier molecular flexibility index (Phi) is 5.71. The zero-order valence-corrected chi connectivity index (χ0v) is 7.54. The SMILES string of the molecule is Cc1cc(C)n(C(=S)S)n1.[KH]. The number of thiol groups is 1. The van der Waals surface area contributed by atoms with E-state index in [2.05, 4.69) is 17.7 Å². The van der Waals surface area contributed by atoms with Gasteiger partial charge in [0, 0.05) is 5.69 Å². The van der Waals surface area contributed by atoms with E-state index in [4.69, 9.17) is 12.2 Å². The number of hydrogen-bond donors (Lipinski definition) is 1. The number of thiocarbonyl (C=S) groups is 1. The van der Waals surface area contributed by atoms with Crippen LogP contribution in [0.15, 0.2) is 6.07 Å². The fraction of sp³-hybridized carbons (Fsp3) is 0.333. The molecular weight excluding hydrogens is 203 g/mol. The van der Waals surface area contributed by atoms with Gasteiger partial charge in [0.25, 0.3) is 0 Å². The number of rotatable bonds is 0. The molecule has 0 spiro atoms. The third-order valence-corrected chi connectivity index (χ3v) is 1.55. The molecule has 11 heavy (non-hydrogen) atoms. The molecule has 0 unspecified atom stereocenters. The number of hydrogen-bond acceptors (Lipinski definition) is 2. The predicted molar refractivity (Wildman–Crippen MR) is 55.8 cm³/mol. The molecule has 0 aromatic carbocycles. The molecule has 0 amide bonds. The van der Waals surface area contributed by atoms with Crippen LogP contribution in [0.25, 0.3) is 0 Å². The van der Waals surface area contributed by atoms with Crippen LogP contribution < -0.4 is 0 Å². The van der Waals surface area contributed by atoms with Crippen molar-refractivity contribution in [2.24, 2.45) is 0 Å². The van der Waals surface area contributed by atoms with Gasteiger partial charge in [-0.05, 0) is 19.9 Å². The molecule has 0 saturated heterocycles. The van der Waals surface area contributed by atoms with Gasteiger partial charge in [0.05, 0.1) is 5.69 Å². The van der Waals surface area contributed by atoms with Gasteiger partial charge >= 0.3 is 51.4 Å². The van der Waals surface area contributed by atoms with E-state index < -0.39 is 0 Å². The average Bonchev–Trinajstić information content (AvgIpc) is 2.10. The number of nitrogens with zero attached hydrogens (tertiary/aromatic N) is 2. The molecule has 0 aliphatic carbocycles. The van der Waals surface area contributed by atoms with E-state index in [9.17, 15) is 0 Å². The van der Waals surface area contributed by atoms with Gasteiger partial charge in [-0.1, -0.05) is 12.2 Å². The normalized spacial score (nSPS) is 9.00. The minimum atomic E-state index is 0. The van der Waals surface area contributed by atoms with Crippen LogP contribution in [0.2, 0.25) is 0 Å². The standard InChI is InChI=1S/C6H8N2S2.K.H/c1-4-3-5(2)8(7-4)6(9)10;;/h3H,1-2H3,(H,9,10);;. The van der Waals surface area contributed by atoms with Crippen molar-refractivity contribution in [3.63, 3.8) is 0 Å². The summed E-state index contributed by atoms with van der Waals surface area (Å²) >= 11 is 8.83. The monoisotopic (exact) mass is 212 g/mol. The van der Waals surface area contributed by atoms with Crippen molar-refractivity contribution in [3.05, 3.63) is 17.5 Å². The van der Waals surface area contributed by atoms with Crippen molar-refractivity contribution in [2.75, 3.05) is 0 Å². The molecule has 1 rings (SSSR count).